The van der Waals surface area contributed by atoms with Crippen LogP contribution in [0.25, 0.3) is 0 Å². The van der Waals surface area contributed by atoms with Gasteiger partial charge in [-0.1, -0.05) is 13.3 Å². The van der Waals surface area contributed by atoms with Gasteiger partial charge in [0.05, 0.1) is 25.9 Å². The Bertz CT molecular complexity index is 242. The molecule has 0 unspecified atom stereocenters. The van der Waals surface area contributed by atoms with Gasteiger partial charge in [-0.25, -0.2) is 0 Å². The summed E-state index contributed by atoms with van der Waals surface area (Å²) in [6, 6.07) is 0.941. The molecule has 1 aliphatic carbocycles. The van der Waals surface area contributed by atoms with Crippen LogP contribution >= 0.6 is 0 Å². The van der Waals surface area contributed by atoms with E-state index >= 15 is 0 Å². The Morgan fingerprint density at radius 3 is 2.58 bits per heavy atom. The van der Waals surface area contributed by atoms with E-state index in [0.29, 0.717) is 6.61 Å². The fraction of sp³-hybridized carbons (Fsp3) is 1.00. The van der Waals surface area contributed by atoms with Crippen molar-refractivity contribution in [1.82, 2.24) is 0 Å². The van der Waals surface area contributed by atoms with Gasteiger partial charge in [-0.15, -0.1) is 0 Å². The molecule has 2 atom stereocenters. The quantitative estimate of drug-likeness (QED) is 0.507. The highest BCUT2D eigenvalue weighted by atomic mass is 16.5. The van der Waals surface area contributed by atoms with Crippen LogP contribution in [-0.2, 0) is 4.74 Å². The van der Waals surface area contributed by atoms with Crippen LogP contribution in [0.3, 0.4) is 0 Å². The summed E-state index contributed by atoms with van der Waals surface area (Å²) in [5.41, 5.74) is 0. The number of aliphatic hydroxyl groups excluding tert-OH is 1. The Morgan fingerprint density at radius 1 is 1.11 bits per heavy atom. The van der Waals surface area contributed by atoms with Gasteiger partial charge in [0.25, 0.3) is 0 Å². The third-order valence-electron chi connectivity index (χ3n) is 4.95. The summed E-state index contributed by atoms with van der Waals surface area (Å²) in [6.07, 6.45) is 5.79. The summed E-state index contributed by atoms with van der Waals surface area (Å²) in [7, 11) is 0. The maximum Gasteiger partial charge on any atom is 0.127 e. The van der Waals surface area contributed by atoms with Gasteiger partial charge in [-0.2, -0.15) is 0 Å². The first-order chi connectivity index (χ1) is 9.29. The molecule has 0 bridgehead atoms. The highest BCUT2D eigenvalue weighted by Gasteiger charge is 2.31. The Hall–Kier alpha value is -0.160. The molecule has 0 amide bonds. The van der Waals surface area contributed by atoms with Gasteiger partial charge >= 0.3 is 0 Å². The van der Waals surface area contributed by atoms with E-state index in [2.05, 4.69) is 6.92 Å². The highest BCUT2D eigenvalue weighted by molar-refractivity contribution is 4.69. The number of hydrogen-bond acceptors (Lipinski definition) is 2. The van der Waals surface area contributed by atoms with Gasteiger partial charge < -0.3 is 19.6 Å². The van der Waals surface area contributed by atoms with Crippen LogP contribution in [0.4, 0.5) is 0 Å². The molecule has 2 fully saturated rings. The van der Waals surface area contributed by atoms with Gasteiger partial charge in [0.15, 0.2) is 0 Å². The molecule has 2 aliphatic rings. The smallest absolute Gasteiger partial charge is 0.127 e. The van der Waals surface area contributed by atoms with Crippen LogP contribution in [0.5, 0.6) is 0 Å². The minimum atomic E-state index is 0.146. The van der Waals surface area contributed by atoms with Crippen LogP contribution in [0.2, 0.25) is 0 Å². The monoisotopic (exact) mass is 272 g/mol. The number of aliphatic hydroxyl groups is 1. The SMILES string of the molecule is C[C@@H]1CCC[C@@H]([NH+]2CC[NH+](CCOCCO)CC2)C1. The molecular formula is C15H32N2O2+2. The molecule has 4 heteroatoms. The molecule has 0 aromatic carbocycles. The number of hydrogen-bond donors (Lipinski definition) is 3. The van der Waals surface area contributed by atoms with Crippen molar-refractivity contribution in [2.45, 2.75) is 38.6 Å². The fourth-order valence-corrected chi connectivity index (χ4v) is 3.77. The zero-order chi connectivity index (χ0) is 13.5. The van der Waals surface area contributed by atoms with Crippen molar-refractivity contribution >= 4 is 0 Å². The van der Waals surface area contributed by atoms with Crippen molar-refractivity contribution < 1.29 is 19.6 Å². The fourth-order valence-electron chi connectivity index (χ4n) is 3.77. The molecule has 3 N–H and O–H groups in total. The average Bonchev–Trinajstić information content (AvgIpc) is 2.44. The first-order valence-electron chi connectivity index (χ1n) is 8.16. The van der Waals surface area contributed by atoms with E-state index in [1.807, 2.05) is 4.90 Å². The van der Waals surface area contributed by atoms with Gasteiger partial charge in [0.1, 0.15) is 32.7 Å². The lowest BCUT2D eigenvalue weighted by Crippen LogP contribution is -3.29. The van der Waals surface area contributed by atoms with E-state index < -0.39 is 0 Å². The lowest BCUT2D eigenvalue weighted by atomic mass is 9.86. The maximum atomic E-state index is 8.67. The zero-order valence-electron chi connectivity index (χ0n) is 12.5. The molecule has 2 rings (SSSR count). The molecule has 1 saturated heterocycles. The Balaban J connectivity index is 1.62. The van der Waals surface area contributed by atoms with Gasteiger partial charge in [0, 0.05) is 6.42 Å². The summed E-state index contributed by atoms with van der Waals surface area (Å²) in [6.45, 7) is 10.2. The second-order valence-electron chi connectivity index (χ2n) is 6.46. The van der Waals surface area contributed by atoms with Crippen LogP contribution in [0.1, 0.15) is 32.6 Å². The number of quaternary nitrogens is 2. The molecule has 0 spiro atoms. The molecule has 112 valence electrons. The van der Waals surface area contributed by atoms with Crippen molar-refractivity contribution in [2.75, 3.05) is 52.5 Å². The van der Waals surface area contributed by atoms with Gasteiger partial charge in [-0.05, 0) is 18.8 Å². The Morgan fingerprint density at radius 2 is 1.89 bits per heavy atom. The second kappa shape index (κ2) is 8.20. The average molecular weight is 272 g/mol. The van der Waals surface area contributed by atoms with E-state index in [9.17, 15) is 0 Å². The molecular weight excluding hydrogens is 240 g/mol. The zero-order valence-corrected chi connectivity index (χ0v) is 12.5. The third-order valence-corrected chi connectivity index (χ3v) is 4.95. The van der Waals surface area contributed by atoms with Crippen LogP contribution in [-0.4, -0.2) is 63.7 Å². The van der Waals surface area contributed by atoms with Crippen LogP contribution in [0.15, 0.2) is 0 Å². The topological polar surface area (TPSA) is 38.3 Å². The number of nitrogens with one attached hydrogen (secondary N) is 2. The number of ether oxygens (including phenoxy) is 1. The van der Waals surface area contributed by atoms with Crippen molar-refractivity contribution in [3.8, 4) is 0 Å². The standard InChI is InChI=1S/C15H30N2O2/c1-14-3-2-4-15(13-14)17-7-5-16(6-8-17)9-11-19-12-10-18/h14-15,18H,2-13H2,1H3/p+2/t14-,15-/m1/s1. The number of rotatable bonds is 6. The van der Waals surface area contributed by atoms with E-state index in [-0.39, 0.29) is 6.61 Å². The van der Waals surface area contributed by atoms with Crippen LogP contribution < -0.4 is 9.80 Å². The molecule has 19 heavy (non-hydrogen) atoms. The molecule has 4 nitrogen and oxygen atoms in total. The molecule has 1 heterocycles. The minimum absolute atomic E-state index is 0.146. The van der Waals surface area contributed by atoms with Crippen molar-refractivity contribution in [1.29, 1.82) is 0 Å². The van der Waals surface area contributed by atoms with E-state index in [4.69, 9.17) is 9.84 Å². The first kappa shape index (κ1) is 15.2. The first-order valence-corrected chi connectivity index (χ1v) is 8.16. The molecule has 1 aliphatic heterocycles. The highest BCUT2D eigenvalue weighted by Crippen LogP contribution is 2.21. The van der Waals surface area contributed by atoms with Crippen molar-refractivity contribution in [2.24, 2.45) is 5.92 Å². The third kappa shape index (κ3) is 5.03. The summed E-state index contributed by atoms with van der Waals surface area (Å²) >= 11 is 0. The Labute approximate surface area is 117 Å². The summed E-state index contributed by atoms with van der Waals surface area (Å²) in [5, 5.41) is 8.67. The van der Waals surface area contributed by atoms with Gasteiger partial charge in [0.2, 0.25) is 0 Å². The van der Waals surface area contributed by atoms with E-state index in [0.717, 1.165) is 25.1 Å². The second-order valence-corrected chi connectivity index (χ2v) is 6.46. The molecule has 0 aromatic rings. The summed E-state index contributed by atoms with van der Waals surface area (Å²) < 4.78 is 5.37. The predicted octanol–water partition coefficient (Wildman–Crippen LogP) is -1.64. The molecule has 0 radical (unpaired) electrons. The maximum absolute atomic E-state index is 8.67. The lowest BCUT2D eigenvalue weighted by Gasteiger charge is -2.37. The predicted molar refractivity (Wildman–Crippen MR) is 75.6 cm³/mol. The Kier molecular flexibility index (Phi) is 6.57. The summed E-state index contributed by atoms with van der Waals surface area (Å²) in [4.78, 5) is 3.55. The van der Waals surface area contributed by atoms with Crippen LogP contribution in [0, 0.1) is 5.92 Å². The molecule has 0 aromatic heterocycles. The lowest BCUT2D eigenvalue weighted by molar-refractivity contribution is -1.02. The van der Waals surface area contributed by atoms with E-state index in [1.54, 1.807) is 4.90 Å². The normalized spacial score (nSPS) is 36.3. The van der Waals surface area contributed by atoms with Gasteiger partial charge in [-0.3, -0.25) is 0 Å². The van der Waals surface area contributed by atoms with Crippen molar-refractivity contribution in [3.05, 3.63) is 0 Å². The minimum Gasteiger partial charge on any atom is -0.394 e. The van der Waals surface area contributed by atoms with Crippen molar-refractivity contribution in [3.63, 3.8) is 0 Å². The molecule has 1 saturated carbocycles. The summed E-state index contributed by atoms with van der Waals surface area (Å²) in [5.74, 6) is 0.948. The number of piperazine rings is 1. The largest absolute Gasteiger partial charge is 0.394 e. The van der Waals surface area contributed by atoms with E-state index in [1.165, 1.54) is 51.9 Å².